The number of benzene rings is 1. The Morgan fingerprint density at radius 3 is 3.16 bits per heavy atom. The Bertz CT molecular complexity index is 812. The van der Waals surface area contributed by atoms with Gasteiger partial charge in [0, 0.05) is 37.1 Å². The number of methoxy groups -OCH3 is 1. The summed E-state index contributed by atoms with van der Waals surface area (Å²) in [6.45, 7) is 3.32. The van der Waals surface area contributed by atoms with Crippen molar-refractivity contribution >= 4 is 5.91 Å². The van der Waals surface area contributed by atoms with Crippen molar-refractivity contribution in [2.24, 2.45) is 0 Å². The quantitative estimate of drug-likeness (QED) is 0.928. The Hall–Kier alpha value is -2.50. The molecule has 25 heavy (non-hydrogen) atoms. The van der Waals surface area contributed by atoms with E-state index in [0.29, 0.717) is 12.2 Å². The number of amides is 1. The molecule has 6 heteroatoms. The van der Waals surface area contributed by atoms with Crippen molar-refractivity contribution in [3.63, 3.8) is 0 Å². The summed E-state index contributed by atoms with van der Waals surface area (Å²) >= 11 is 0. The minimum atomic E-state index is -0.0995. The SMILES string of the molecule is COc1cc2c(cc1CNC(=O)c1cnc3n1CCCC3)O[C@@H](C)C2. The highest BCUT2D eigenvalue weighted by Gasteiger charge is 2.23. The van der Waals surface area contributed by atoms with E-state index < -0.39 is 0 Å². The van der Waals surface area contributed by atoms with Gasteiger partial charge in [0.15, 0.2) is 0 Å². The Morgan fingerprint density at radius 2 is 2.32 bits per heavy atom. The van der Waals surface area contributed by atoms with Crippen molar-refractivity contribution in [1.82, 2.24) is 14.9 Å². The maximum absolute atomic E-state index is 12.6. The Kier molecular flexibility index (Phi) is 4.11. The first-order chi connectivity index (χ1) is 12.2. The number of carbonyl (C=O) groups excluding carboxylic acids is 1. The zero-order valence-electron chi connectivity index (χ0n) is 14.7. The fourth-order valence-electron chi connectivity index (χ4n) is 3.67. The molecule has 2 aliphatic heterocycles. The van der Waals surface area contributed by atoms with Crippen LogP contribution in [0.1, 0.15) is 47.2 Å². The van der Waals surface area contributed by atoms with Crippen LogP contribution in [0, 0.1) is 0 Å². The van der Waals surface area contributed by atoms with Crippen LogP contribution in [0.2, 0.25) is 0 Å². The number of hydrogen-bond acceptors (Lipinski definition) is 4. The predicted molar refractivity (Wildman–Crippen MR) is 93.1 cm³/mol. The molecule has 3 heterocycles. The summed E-state index contributed by atoms with van der Waals surface area (Å²) < 4.78 is 13.3. The zero-order valence-corrected chi connectivity index (χ0v) is 14.7. The average molecular weight is 341 g/mol. The van der Waals surface area contributed by atoms with Crippen LogP contribution >= 0.6 is 0 Å². The molecule has 0 radical (unpaired) electrons. The van der Waals surface area contributed by atoms with E-state index in [1.807, 2.05) is 16.7 Å². The summed E-state index contributed by atoms with van der Waals surface area (Å²) in [6.07, 6.45) is 5.94. The highest BCUT2D eigenvalue weighted by atomic mass is 16.5. The van der Waals surface area contributed by atoms with Crippen molar-refractivity contribution < 1.29 is 14.3 Å². The highest BCUT2D eigenvalue weighted by molar-refractivity contribution is 5.92. The first-order valence-corrected chi connectivity index (χ1v) is 8.84. The van der Waals surface area contributed by atoms with Crippen LogP contribution in [0.5, 0.6) is 11.5 Å². The Balaban J connectivity index is 1.51. The lowest BCUT2D eigenvalue weighted by atomic mass is 10.1. The molecule has 0 unspecified atom stereocenters. The van der Waals surface area contributed by atoms with E-state index in [4.69, 9.17) is 9.47 Å². The summed E-state index contributed by atoms with van der Waals surface area (Å²) in [6, 6.07) is 3.99. The van der Waals surface area contributed by atoms with Gasteiger partial charge in [-0.2, -0.15) is 0 Å². The van der Waals surface area contributed by atoms with Crippen molar-refractivity contribution in [1.29, 1.82) is 0 Å². The van der Waals surface area contributed by atoms with Gasteiger partial charge in [0.05, 0.1) is 13.3 Å². The second-order valence-electron chi connectivity index (χ2n) is 6.76. The largest absolute Gasteiger partial charge is 0.496 e. The lowest BCUT2D eigenvalue weighted by molar-refractivity contribution is 0.0940. The summed E-state index contributed by atoms with van der Waals surface area (Å²) in [5.74, 6) is 2.58. The second kappa shape index (κ2) is 6.43. The molecule has 1 aromatic carbocycles. The molecule has 2 aliphatic rings. The fraction of sp³-hybridized carbons (Fsp3) is 0.474. The molecule has 0 saturated carbocycles. The monoisotopic (exact) mass is 341 g/mol. The number of rotatable bonds is 4. The third kappa shape index (κ3) is 2.97. The maximum Gasteiger partial charge on any atom is 0.269 e. The molecule has 0 saturated heterocycles. The first-order valence-electron chi connectivity index (χ1n) is 8.84. The van der Waals surface area contributed by atoms with Crippen molar-refractivity contribution in [2.75, 3.05) is 7.11 Å². The highest BCUT2D eigenvalue weighted by Crippen LogP contribution is 2.35. The average Bonchev–Trinajstić information content (AvgIpc) is 3.20. The van der Waals surface area contributed by atoms with Crippen molar-refractivity contribution in [3.8, 4) is 11.5 Å². The number of imidazole rings is 1. The molecule has 0 fully saturated rings. The Labute approximate surface area is 147 Å². The maximum atomic E-state index is 12.6. The predicted octanol–water partition coefficient (Wildman–Crippen LogP) is 2.48. The van der Waals surface area contributed by atoms with Gasteiger partial charge in [-0.3, -0.25) is 4.79 Å². The number of ether oxygens (including phenoxy) is 2. The van der Waals surface area contributed by atoms with Crippen LogP contribution in [-0.2, 0) is 25.9 Å². The minimum absolute atomic E-state index is 0.0995. The van der Waals surface area contributed by atoms with Crippen LogP contribution in [0.4, 0.5) is 0 Å². The zero-order chi connectivity index (χ0) is 17.4. The molecule has 0 aliphatic carbocycles. The molecule has 1 atom stereocenters. The summed E-state index contributed by atoms with van der Waals surface area (Å²) in [4.78, 5) is 17.0. The summed E-state index contributed by atoms with van der Waals surface area (Å²) in [5, 5.41) is 2.99. The number of nitrogens with one attached hydrogen (secondary N) is 1. The van der Waals surface area contributed by atoms with Gasteiger partial charge in [-0.25, -0.2) is 4.98 Å². The number of hydrogen-bond donors (Lipinski definition) is 1. The third-order valence-corrected chi connectivity index (χ3v) is 4.94. The molecular formula is C19H23N3O3. The number of aromatic nitrogens is 2. The number of nitrogens with zero attached hydrogens (tertiary/aromatic N) is 2. The molecule has 0 spiro atoms. The standard InChI is InChI=1S/C19H23N3O3/c1-12-7-13-8-16(24-2)14(9-17(13)25-12)10-21-19(23)15-11-20-18-5-3-4-6-22(15)18/h8-9,11-12H,3-7,10H2,1-2H3,(H,21,23)/t12-/m0/s1. The summed E-state index contributed by atoms with van der Waals surface area (Å²) in [7, 11) is 1.65. The molecule has 132 valence electrons. The topological polar surface area (TPSA) is 65.4 Å². The van der Waals surface area contributed by atoms with Crippen molar-refractivity contribution in [2.45, 2.75) is 51.8 Å². The van der Waals surface area contributed by atoms with Crippen LogP contribution < -0.4 is 14.8 Å². The normalized spacial score (nSPS) is 18.2. The van der Waals surface area contributed by atoms with Crippen LogP contribution in [0.25, 0.3) is 0 Å². The second-order valence-corrected chi connectivity index (χ2v) is 6.76. The first kappa shape index (κ1) is 16.0. The van der Waals surface area contributed by atoms with E-state index in [1.165, 1.54) is 0 Å². The smallest absolute Gasteiger partial charge is 0.269 e. The molecule has 4 rings (SSSR count). The lowest BCUT2D eigenvalue weighted by Gasteiger charge is -2.16. The van der Waals surface area contributed by atoms with E-state index in [-0.39, 0.29) is 12.0 Å². The van der Waals surface area contributed by atoms with Gasteiger partial charge in [0.25, 0.3) is 5.91 Å². The van der Waals surface area contributed by atoms with E-state index in [9.17, 15) is 4.79 Å². The fourth-order valence-corrected chi connectivity index (χ4v) is 3.67. The third-order valence-electron chi connectivity index (χ3n) is 4.94. The molecule has 6 nitrogen and oxygen atoms in total. The minimum Gasteiger partial charge on any atom is -0.496 e. The van der Waals surface area contributed by atoms with E-state index in [2.05, 4.69) is 17.2 Å². The van der Waals surface area contributed by atoms with Crippen LogP contribution in [0.15, 0.2) is 18.3 Å². The van der Waals surface area contributed by atoms with Gasteiger partial charge >= 0.3 is 0 Å². The molecule has 2 aromatic rings. The molecular weight excluding hydrogens is 318 g/mol. The number of carbonyl (C=O) groups is 1. The molecule has 0 bridgehead atoms. The van der Waals surface area contributed by atoms with Gasteiger partial charge in [0.2, 0.25) is 0 Å². The van der Waals surface area contributed by atoms with Crippen LogP contribution in [0.3, 0.4) is 0 Å². The van der Waals surface area contributed by atoms with E-state index in [0.717, 1.165) is 60.7 Å². The van der Waals surface area contributed by atoms with Gasteiger partial charge in [-0.15, -0.1) is 0 Å². The van der Waals surface area contributed by atoms with E-state index in [1.54, 1.807) is 13.3 Å². The van der Waals surface area contributed by atoms with Gasteiger partial charge in [0.1, 0.15) is 29.1 Å². The van der Waals surface area contributed by atoms with Crippen LogP contribution in [-0.4, -0.2) is 28.7 Å². The number of fused-ring (bicyclic) bond motifs is 2. The van der Waals surface area contributed by atoms with Crippen molar-refractivity contribution in [3.05, 3.63) is 41.0 Å². The van der Waals surface area contributed by atoms with Gasteiger partial charge < -0.3 is 19.4 Å². The van der Waals surface area contributed by atoms with Gasteiger partial charge in [-0.05, 0) is 31.9 Å². The Morgan fingerprint density at radius 1 is 1.44 bits per heavy atom. The molecule has 1 aromatic heterocycles. The number of aryl methyl sites for hydroxylation is 1. The molecule has 1 amide bonds. The summed E-state index contributed by atoms with van der Waals surface area (Å²) in [5.41, 5.74) is 2.71. The van der Waals surface area contributed by atoms with E-state index >= 15 is 0 Å². The van der Waals surface area contributed by atoms with Gasteiger partial charge in [-0.1, -0.05) is 0 Å². The molecule has 1 N–H and O–H groups in total. The lowest BCUT2D eigenvalue weighted by Crippen LogP contribution is -2.27.